The minimum absolute atomic E-state index is 0.0876. The summed E-state index contributed by atoms with van der Waals surface area (Å²) in [6.07, 6.45) is 0.682. The van der Waals surface area contributed by atoms with Gasteiger partial charge in [0.25, 0.3) is 16.0 Å². The highest BCUT2D eigenvalue weighted by atomic mass is 32.2. The van der Waals surface area contributed by atoms with Crippen LogP contribution < -0.4 is 5.32 Å². The van der Waals surface area contributed by atoms with Crippen LogP contribution in [0, 0.1) is 0 Å². The van der Waals surface area contributed by atoms with Gasteiger partial charge < -0.3 is 5.32 Å². The summed E-state index contributed by atoms with van der Waals surface area (Å²) in [6.45, 7) is 0. The van der Waals surface area contributed by atoms with Crippen molar-refractivity contribution in [3.05, 3.63) is 59.7 Å². The van der Waals surface area contributed by atoms with Crippen LogP contribution in [-0.2, 0) is 10.1 Å². The molecule has 0 saturated carbocycles. The van der Waals surface area contributed by atoms with Crippen molar-refractivity contribution in [2.45, 2.75) is 4.90 Å². The van der Waals surface area contributed by atoms with Crippen LogP contribution in [0.25, 0.3) is 0 Å². The van der Waals surface area contributed by atoms with Crippen molar-refractivity contribution in [1.82, 2.24) is 0 Å². The van der Waals surface area contributed by atoms with Crippen molar-refractivity contribution in [1.29, 1.82) is 0 Å². The Morgan fingerprint density at radius 1 is 1.10 bits per heavy atom. The van der Waals surface area contributed by atoms with Crippen LogP contribution in [0.2, 0.25) is 0 Å². The molecule has 21 heavy (non-hydrogen) atoms. The second-order valence-electron chi connectivity index (χ2n) is 4.20. The lowest BCUT2D eigenvalue weighted by molar-refractivity contribution is 0.102. The summed E-state index contributed by atoms with van der Waals surface area (Å²) in [5.41, 5.74) is 1.02. The highest BCUT2D eigenvalue weighted by Crippen LogP contribution is 2.14. The fourth-order valence-corrected chi connectivity index (χ4v) is 2.17. The topological polar surface area (TPSA) is 101 Å². The molecule has 0 saturated heterocycles. The maximum absolute atomic E-state index is 12.0. The zero-order valence-corrected chi connectivity index (χ0v) is 11.5. The fourth-order valence-electron chi connectivity index (χ4n) is 1.65. The van der Waals surface area contributed by atoms with Gasteiger partial charge in [0.05, 0.1) is 4.90 Å². The first-order valence-corrected chi connectivity index (χ1v) is 7.28. The number of aldehydes is 1. The molecule has 0 aliphatic heterocycles. The summed E-state index contributed by atoms with van der Waals surface area (Å²) in [7, 11) is -4.36. The van der Waals surface area contributed by atoms with Gasteiger partial charge in [-0.25, -0.2) is 0 Å². The summed E-state index contributed by atoms with van der Waals surface area (Å²) in [4.78, 5) is 22.2. The van der Waals surface area contributed by atoms with E-state index in [-0.39, 0.29) is 10.5 Å². The normalized spacial score (nSPS) is 10.9. The Hall–Kier alpha value is -2.51. The van der Waals surface area contributed by atoms with Crippen LogP contribution >= 0.6 is 0 Å². The molecular weight excluding hydrogens is 294 g/mol. The minimum atomic E-state index is -4.36. The number of amides is 1. The summed E-state index contributed by atoms with van der Waals surface area (Å²) in [5, 5.41) is 2.56. The maximum atomic E-state index is 12.0. The number of nitrogens with one attached hydrogen (secondary N) is 1. The molecule has 0 aromatic heterocycles. The van der Waals surface area contributed by atoms with Gasteiger partial charge in [-0.05, 0) is 42.5 Å². The van der Waals surface area contributed by atoms with Gasteiger partial charge in [0.2, 0.25) is 0 Å². The number of benzene rings is 2. The first-order valence-electron chi connectivity index (χ1n) is 5.84. The van der Waals surface area contributed by atoms with Crippen LogP contribution in [0.1, 0.15) is 20.7 Å². The number of carbonyl (C=O) groups is 2. The predicted octanol–water partition coefficient (Wildman–Crippen LogP) is 2.00. The molecule has 2 N–H and O–H groups in total. The van der Waals surface area contributed by atoms with E-state index in [1.807, 2.05) is 0 Å². The third-order valence-electron chi connectivity index (χ3n) is 2.70. The van der Waals surface area contributed by atoms with E-state index in [1.54, 1.807) is 12.1 Å². The minimum Gasteiger partial charge on any atom is -0.322 e. The summed E-state index contributed by atoms with van der Waals surface area (Å²) in [5.74, 6) is -0.528. The molecule has 0 atom stereocenters. The summed E-state index contributed by atoms with van der Waals surface area (Å²) < 4.78 is 31.0. The van der Waals surface area contributed by atoms with Gasteiger partial charge in [-0.3, -0.25) is 14.1 Å². The highest BCUT2D eigenvalue weighted by molar-refractivity contribution is 7.85. The lowest BCUT2D eigenvalue weighted by atomic mass is 10.2. The van der Waals surface area contributed by atoms with Crippen LogP contribution in [0.3, 0.4) is 0 Å². The van der Waals surface area contributed by atoms with E-state index in [1.165, 1.54) is 30.3 Å². The zero-order chi connectivity index (χ0) is 15.5. The molecular formula is C14H11NO5S. The molecule has 6 nitrogen and oxygen atoms in total. The van der Waals surface area contributed by atoms with E-state index >= 15 is 0 Å². The summed E-state index contributed by atoms with van der Waals surface area (Å²) >= 11 is 0. The third kappa shape index (κ3) is 3.74. The Kier molecular flexibility index (Phi) is 4.15. The predicted molar refractivity (Wildman–Crippen MR) is 76.0 cm³/mol. The van der Waals surface area contributed by atoms with E-state index in [4.69, 9.17) is 4.55 Å². The quantitative estimate of drug-likeness (QED) is 0.664. The zero-order valence-electron chi connectivity index (χ0n) is 10.7. The monoisotopic (exact) mass is 305 g/mol. The van der Waals surface area contributed by atoms with Crippen molar-refractivity contribution >= 4 is 28.0 Å². The van der Waals surface area contributed by atoms with E-state index in [9.17, 15) is 18.0 Å². The Bertz CT molecular complexity index is 781. The SMILES string of the molecule is O=Cc1ccc(NC(=O)c2cccc(S(=O)(=O)O)c2)cc1. The van der Waals surface area contributed by atoms with Crippen molar-refractivity contribution in [3.8, 4) is 0 Å². The first kappa shape index (κ1) is 14.9. The molecule has 0 aliphatic rings. The largest absolute Gasteiger partial charge is 0.322 e. The molecule has 0 heterocycles. The lowest BCUT2D eigenvalue weighted by Crippen LogP contribution is -2.12. The second kappa shape index (κ2) is 5.86. The van der Waals surface area contributed by atoms with Crippen LogP contribution in [-0.4, -0.2) is 25.2 Å². The Labute approximate surface area is 121 Å². The third-order valence-corrected chi connectivity index (χ3v) is 3.55. The van der Waals surface area contributed by atoms with Crippen LogP contribution in [0.15, 0.2) is 53.4 Å². The van der Waals surface area contributed by atoms with Gasteiger partial charge in [-0.15, -0.1) is 0 Å². The molecule has 0 spiro atoms. The lowest BCUT2D eigenvalue weighted by Gasteiger charge is -2.06. The smallest absolute Gasteiger partial charge is 0.294 e. The van der Waals surface area contributed by atoms with Gasteiger partial charge in [-0.2, -0.15) is 8.42 Å². The van der Waals surface area contributed by atoms with E-state index < -0.39 is 16.0 Å². The average molecular weight is 305 g/mol. The molecule has 0 aliphatic carbocycles. The number of hydrogen-bond donors (Lipinski definition) is 2. The van der Waals surface area contributed by atoms with Gasteiger partial charge in [0, 0.05) is 16.8 Å². The molecule has 2 aromatic rings. The van der Waals surface area contributed by atoms with Gasteiger partial charge in [-0.1, -0.05) is 6.07 Å². The molecule has 0 fully saturated rings. The Morgan fingerprint density at radius 3 is 2.33 bits per heavy atom. The van der Waals surface area contributed by atoms with Crippen molar-refractivity contribution in [3.63, 3.8) is 0 Å². The number of rotatable bonds is 4. The molecule has 0 radical (unpaired) electrons. The van der Waals surface area contributed by atoms with Crippen LogP contribution in [0.5, 0.6) is 0 Å². The standard InChI is InChI=1S/C14H11NO5S/c16-9-10-4-6-12(7-5-10)15-14(17)11-2-1-3-13(8-11)21(18,19)20/h1-9H,(H,15,17)(H,18,19,20). The number of carbonyl (C=O) groups excluding carboxylic acids is 2. The molecule has 0 unspecified atom stereocenters. The first-order chi connectivity index (χ1) is 9.90. The van der Waals surface area contributed by atoms with E-state index in [0.29, 0.717) is 17.5 Å². The Morgan fingerprint density at radius 2 is 1.76 bits per heavy atom. The molecule has 108 valence electrons. The van der Waals surface area contributed by atoms with Gasteiger partial charge >= 0.3 is 0 Å². The van der Waals surface area contributed by atoms with Crippen molar-refractivity contribution < 1.29 is 22.6 Å². The fraction of sp³-hybridized carbons (Fsp3) is 0. The van der Waals surface area contributed by atoms with Crippen molar-refractivity contribution in [2.75, 3.05) is 5.32 Å². The number of hydrogen-bond acceptors (Lipinski definition) is 4. The Balaban J connectivity index is 2.22. The maximum Gasteiger partial charge on any atom is 0.294 e. The second-order valence-corrected chi connectivity index (χ2v) is 5.62. The molecule has 2 rings (SSSR count). The summed E-state index contributed by atoms with van der Waals surface area (Å²) in [6, 6.07) is 11.2. The highest BCUT2D eigenvalue weighted by Gasteiger charge is 2.13. The van der Waals surface area contributed by atoms with Crippen molar-refractivity contribution in [2.24, 2.45) is 0 Å². The van der Waals surface area contributed by atoms with Crippen LogP contribution in [0.4, 0.5) is 5.69 Å². The average Bonchev–Trinajstić information content (AvgIpc) is 2.47. The molecule has 0 bridgehead atoms. The van der Waals surface area contributed by atoms with Gasteiger partial charge in [0.15, 0.2) is 0 Å². The molecule has 7 heteroatoms. The number of anilines is 1. The van der Waals surface area contributed by atoms with Gasteiger partial charge in [0.1, 0.15) is 6.29 Å². The molecule has 1 amide bonds. The molecule has 2 aromatic carbocycles. The van der Waals surface area contributed by atoms with E-state index in [0.717, 1.165) is 6.07 Å². The van der Waals surface area contributed by atoms with E-state index in [2.05, 4.69) is 5.32 Å².